The summed E-state index contributed by atoms with van der Waals surface area (Å²) in [5.74, 6) is 0.914. The molecule has 0 saturated carbocycles. The molecule has 4 nitrogen and oxygen atoms in total. The Balaban J connectivity index is 2.43. The first-order valence-electron chi connectivity index (χ1n) is 6.56. The largest absolute Gasteiger partial charge is 0.394 e. The normalized spacial score (nSPS) is 14.7. The maximum absolute atomic E-state index is 9.48. The third kappa shape index (κ3) is 2.22. The summed E-state index contributed by atoms with van der Waals surface area (Å²) in [6.45, 7) is 4.58. The molecule has 0 atom stereocenters. The number of hydrogen-bond acceptors (Lipinski definition) is 4. The number of nitrogens with zero attached hydrogens (tertiary/aromatic N) is 2. The summed E-state index contributed by atoms with van der Waals surface area (Å²) in [4.78, 5) is 6.81. The van der Waals surface area contributed by atoms with E-state index in [4.69, 9.17) is 10.7 Å². The van der Waals surface area contributed by atoms with Gasteiger partial charge >= 0.3 is 0 Å². The van der Waals surface area contributed by atoms with Gasteiger partial charge in [-0.25, -0.2) is 4.98 Å². The van der Waals surface area contributed by atoms with E-state index in [0.717, 1.165) is 24.2 Å². The first-order chi connectivity index (χ1) is 8.49. The van der Waals surface area contributed by atoms with Gasteiger partial charge in [-0.15, -0.1) is 0 Å². The van der Waals surface area contributed by atoms with Crippen molar-refractivity contribution in [3.05, 3.63) is 22.9 Å². The average molecular weight is 249 g/mol. The molecular formula is C14H23N3O. The smallest absolute Gasteiger partial charge is 0.133 e. The average Bonchev–Trinajstić information content (AvgIpc) is 2.83. The van der Waals surface area contributed by atoms with Gasteiger partial charge in [-0.3, -0.25) is 0 Å². The van der Waals surface area contributed by atoms with E-state index in [9.17, 15) is 5.11 Å². The molecule has 0 aromatic carbocycles. The predicted octanol–water partition coefficient (Wildman–Crippen LogP) is 1.24. The lowest BCUT2D eigenvalue weighted by Crippen LogP contribution is -2.45. The Labute approximate surface area is 109 Å². The molecule has 0 aliphatic heterocycles. The molecule has 4 heteroatoms. The van der Waals surface area contributed by atoms with Gasteiger partial charge < -0.3 is 15.7 Å². The number of anilines is 1. The number of aliphatic hydroxyl groups is 1. The van der Waals surface area contributed by atoms with Crippen LogP contribution >= 0.6 is 0 Å². The maximum atomic E-state index is 9.48. The number of hydrogen-bond donors (Lipinski definition) is 2. The molecule has 0 bridgehead atoms. The van der Waals surface area contributed by atoms with Crippen molar-refractivity contribution in [3.63, 3.8) is 0 Å². The van der Waals surface area contributed by atoms with Gasteiger partial charge in [0.15, 0.2) is 0 Å². The number of fused-ring (bicyclic) bond motifs is 1. The highest BCUT2D eigenvalue weighted by molar-refractivity contribution is 5.52. The topological polar surface area (TPSA) is 62.4 Å². The van der Waals surface area contributed by atoms with Crippen LogP contribution < -0.4 is 10.6 Å². The highest BCUT2D eigenvalue weighted by Gasteiger charge is 2.27. The van der Waals surface area contributed by atoms with E-state index in [1.807, 2.05) is 25.8 Å². The number of rotatable bonds is 4. The number of aryl methyl sites for hydroxylation is 2. The Kier molecular flexibility index (Phi) is 3.59. The van der Waals surface area contributed by atoms with Gasteiger partial charge in [-0.05, 0) is 44.7 Å². The molecule has 1 aliphatic carbocycles. The fourth-order valence-corrected chi connectivity index (χ4v) is 2.34. The van der Waals surface area contributed by atoms with Crippen molar-refractivity contribution >= 4 is 5.82 Å². The van der Waals surface area contributed by atoms with E-state index in [2.05, 4.69) is 6.07 Å². The highest BCUT2D eigenvalue weighted by atomic mass is 16.3. The molecule has 1 aromatic rings. The third-order valence-electron chi connectivity index (χ3n) is 3.94. The van der Waals surface area contributed by atoms with Crippen LogP contribution in [0, 0.1) is 0 Å². The van der Waals surface area contributed by atoms with Crippen molar-refractivity contribution in [2.75, 3.05) is 18.6 Å². The summed E-state index contributed by atoms with van der Waals surface area (Å²) in [6, 6.07) is 2.19. The zero-order valence-electron chi connectivity index (χ0n) is 11.5. The summed E-state index contributed by atoms with van der Waals surface area (Å²) in [7, 11) is 1.97. The number of likely N-dealkylation sites (N-methyl/N-ethyl adjacent to an activating group) is 1. The maximum Gasteiger partial charge on any atom is 0.133 e. The zero-order valence-corrected chi connectivity index (χ0v) is 11.5. The van der Waals surface area contributed by atoms with Gasteiger partial charge in [0.05, 0.1) is 12.1 Å². The predicted molar refractivity (Wildman–Crippen MR) is 73.7 cm³/mol. The Morgan fingerprint density at radius 2 is 2.17 bits per heavy atom. The number of aliphatic hydroxyl groups excluding tert-OH is 1. The molecule has 2 rings (SSSR count). The molecule has 0 unspecified atom stereocenters. The van der Waals surface area contributed by atoms with E-state index in [0.29, 0.717) is 6.54 Å². The molecule has 18 heavy (non-hydrogen) atoms. The highest BCUT2D eigenvalue weighted by Crippen LogP contribution is 2.29. The number of nitrogens with two attached hydrogens (primary N) is 1. The number of pyridine rings is 1. The SMILES string of the molecule is CN(c1nc2c(cc1CN)CCC2)C(C)(C)CO. The van der Waals surface area contributed by atoms with Gasteiger partial charge in [0.2, 0.25) is 0 Å². The van der Waals surface area contributed by atoms with Crippen molar-refractivity contribution in [1.82, 2.24) is 4.98 Å². The standard InChI is InChI=1S/C14H23N3O/c1-14(2,9-18)17(3)13-11(8-15)7-10-5-4-6-12(10)16-13/h7,18H,4-6,8-9,15H2,1-3H3. The first kappa shape index (κ1) is 13.3. The Morgan fingerprint density at radius 3 is 2.78 bits per heavy atom. The molecule has 0 fully saturated rings. The van der Waals surface area contributed by atoms with Gasteiger partial charge in [0.1, 0.15) is 5.82 Å². The van der Waals surface area contributed by atoms with Crippen LogP contribution in [0.4, 0.5) is 5.82 Å². The second kappa shape index (κ2) is 4.86. The van der Waals surface area contributed by atoms with Crippen molar-refractivity contribution in [2.45, 2.75) is 45.2 Å². The molecule has 0 amide bonds. The molecular weight excluding hydrogens is 226 g/mol. The summed E-state index contributed by atoms with van der Waals surface area (Å²) < 4.78 is 0. The molecule has 1 aromatic heterocycles. The van der Waals surface area contributed by atoms with Gasteiger partial charge in [0, 0.05) is 24.8 Å². The van der Waals surface area contributed by atoms with Crippen LogP contribution in [0.1, 0.15) is 37.1 Å². The van der Waals surface area contributed by atoms with Crippen LogP contribution in [0.3, 0.4) is 0 Å². The molecule has 1 heterocycles. The van der Waals surface area contributed by atoms with Gasteiger partial charge in [-0.1, -0.05) is 0 Å². The Bertz CT molecular complexity index is 443. The summed E-state index contributed by atoms with van der Waals surface area (Å²) in [5, 5.41) is 9.48. The lowest BCUT2D eigenvalue weighted by Gasteiger charge is -2.36. The fraction of sp³-hybridized carbons (Fsp3) is 0.643. The molecule has 1 aliphatic rings. The first-order valence-corrected chi connectivity index (χ1v) is 6.56. The van der Waals surface area contributed by atoms with Crippen molar-refractivity contribution < 1.29 is 5.11 Å². The molecule has 0 radical (unpaired) electrons. The quantitative estimate of drug-likeness (QED) is 0.842. The van der Waals surface area contributed by atoms with Crippen LogP contribution in [-0.4, -0.2) is 29.3 Å². The molecule has 0 spiro atoms. The second-order valence-electron chi connectivity index (χ2n) is 5.66. The van der Waals surface area contributed by atoms with Crippen LogP contribution in [0.5, 0.6) is 0 Å². The van der Waals surface area contributed by atoms with E-state index >= 15 is 0 Å². The van der Waals surface area contributed by atoms with Gasteiger partial charge in [0.25, 0.3) is 0 Å². The monoisotopic (exact) mass is 249 g/mol. The fourth-order valence-electron chi connectivity index (χ4n) is 2.34. The van der Waals surface area contributed by atoms with Crippen LogP contribution in [-0.2, 0) is 19.4 Å². The minimum absolute atomic E-state index is 0.0896. The second-order valence-corrected chi connectivity index (χ2v) is 5.66. The van der Waals surface area contributed by atoms with E-state index in [1.165, 1.54) is 17.7 Å². The Morgan fingerprint density at radius 1 is 1.44 bits per heavy atom. The minimum Gasteiger partial charge on any atom is -0.394 e. The molecule has 3 N–H and O–H groups in total. The summed E-state index contributed by atoms with van der Waals surface area (Å²) >= 11 is 0. The summed E-state index contributed by atoms with van der Waals surface area (Å²) in [6.07, 6.45) is 3.35. The van der Waals surface area contributed by atoms with Gasteiger partial charge in [-0.2, -0.15) is 0 Å². The van der Waals surface area contributed by atoms with Crippen LogP contribution in [0.2, 0.25) is 0 Å². The van der Waals surface area contributed by atoms with Crippen molar-refractivity contribution in [1.29, 1.82) is 0 Å². The van der Waals surface area contributed by atoms with E-state index < -0.39 is 0 Å². The van der Waals surface area contributed by atoms with E-state index in [-0.39, 0.29) is 12.1 Å². The lowest BCUT2D eigenvalue weighted by molar-refractivity contribution is 0.215. The third-order valence-corrected chi connectivity index (χ3v) is 3.94. The molecule has 100 valence electrons. The lowest BCUT2D eigenvalue weighted by atomic mass is 10.0. The number of aromatic nitrogens is 1. The minimum atomic E-state index is -0.330. The summed E-state index contributed by atoms with van der Waals surface area (Å²) in [5.41, 5.74) is 9.12. The van der Waals surface area contributed by atoms with Crippen LogP contribution in [0.15, 0.2) is 6.07 Å². The van der Waals surface area contributed by atoms with Crippen molar-refractivity contribution in [2.24, 2.45) is 5.73 Å². The Hall–Kier alpha value is -1.13. The van der Waals surface area contributed by atoms with Crippen LogP contribution in [0.25, 0.3) is 0 Å². The molecule has 0 saturated heterocycles. The zero-order chi connectivity index (χ0) is 13.3. The van der Waals surface area contributed by atoms with Crippen molar-refractivity contribution in [3.8, 4) is 0 Å². The van der Waals surface area contributed by atoms with E-state index in [1.54, 1.807) is 0 Å².